The third kappa shape index (κ3) is 9.46. The van der Waals surface area contributed by atoms with Crippen LogP contribution in [0.1, 0.15) is 62.3 Å². The van der Waals surface area contributed by atoms with Gasteiger partial charge in [0.25, 0.3) is 0 Å². The molecule has 50 heavy (non-hydrogen) atoms. The fraction of sp³-hybridized carbons (Fsp3) is 0.400. The Kier molecular flexibility index (Phi) is 13.9. The zero-order valence-corrected chi connectivity index (χ0v) is 28.9. The topological polar surface area (TPSA) is 134 Å². The molecule has 2 heterocycles. The lowest BCUT2D eigenvalue weighted by atomic mass is 9.72. The largest absolute Gasteiger partial charge is 0.478 e. The molecule has 0 spiro atoms. The van der Waals surface area contributed by atoms with Gasteiger partial charge in [0, 0.05) is 37.8 Å². The van der Waals surface area contributed by atoms with Crippen molar-refractivity contribution in [2.24, 2.45) is 0 Å². The van der Waals surface area contributed by atoms with Crippen LogP contribution in [-0.2, 0) is 39.5 Å². The molecule has 0 aliphatic carbocycles. The molecule has 0 amide bonds. The first-order valence-electron chi connectivity index (χ1n) is 17.3. The molecule has 3 aromatic rings. The molecule has 0 aromatic heterocycles. The average Bonchev–Trinajstić information content (AvgIpc) is 3.15. The molecule has 10 heteroatoms. The molecule has 1 unspecified atom stereocenters. The van der Waals surface area contributed by atoms with Gasteiger partial charge in [0.05, 0.1) is 24.0 Å². The van der Waals surface area contributed by atoms with E-state index in [9.17, 15) is 19.2 Å². The average molecular weight is 685 g/mol. The Hall–Kier alpha value is -4.80. The number of carboxylic acid groups (broad SMARTS) is 2. The first-order chi connectivity index (χ1) is 24.1. The highest BCUT2D eigenvalue weighted by molar-refractivity contribution is 5.89. The molecule has 2 saturated heterocycles. The smallest absolute Gasteiger partial charge is 0.328 e. The summed E-state index contributed by atoms with van der Waals surface area (Å²) in [6.45, 7) is 8.65. The Labute approximate surface area is 294 Å². The summed E-state index contributed by atoms with van der Waals surface area (Å²) in [6, 6.07) is 31.2. The number of benzene rings is 3. The minimum Gasteiger partial charge on any atom is -0.478 e. The van der Waals surface area contributed by atoms with Gasteiger partial charge < -0.3 is 24.6 Å². The van der Waals surface area contributed by atoms with E-state index in [1.165, 1.54) is 5.56 Å². The predicted molar refractivity (Wildman–Crippen MR) is 190 cm³/mol. The number of carbonyl (C=O) groups excluding carboxylic acids is 2. The van der Waals surface area contributed by atoms with Gasteiger partial charge in [0.1, 0.15) is 0 Å². The molecule has 10 nitrogen and oxygen atoms in total. The second-order valence-electron chi connectivity index (χ2n) is 12.6. The molecule has 0 radical (unpaired) electrons. The Morgan fingerprint density at radius 2 is 1.02 bits per heavy atom. The maximum atomic E-state index is 13.4. The third-order valence-corrected chi connectivity index (χ3v) is 9.77. The van der Waals surface area contributed by atoms with Crippen LogP contribution >= 0.6 is 0 Å². The molecule has 266 valence electrons. The molecule has 2 aliphatic rings. The van der Waals surface area contributed by atoms with Crippen LogP contribution in [0.3, 0.4) is 0 Å². The molecule has 5 rings (SSSR count). The molecule has 0 saturated carbocycles. The van der Waals surface area contributed by atoms with Crippen LogP contribution in [-0.4, -0.2) is 89.8 Å². The summed E-state index contributed by atoms with van der Waals surface area (Å²) in [5.74, 6) is -2.73. The van der Waals surface area contributed by atoms with E-state index >= 15 is 0 Å². The van der Waals surface area contributed by atoms with Crippen LogP contribution in [0.2, 0.25) is 0 Å². The van der Waals surface area contributed by atoms with Crippen LogP contribution in [0.5, 0.6) is 0 Å². The summed E-state index contributed by atoms with van der Waals surface area (Å²) in [6.07, 6.45) is 4.03. The number of hydrogen-bond donors (Lipinski definition) is 2. The highest BCUT2D eigenvalue weighted by atomic mass is 16.5. The normalized spacial score (nSPS) is 17.9. The van der Waals surface area contributed by atoms with Crippen molar-refractivity contribution in [2.45, 2.75) is 56.4 Å². The second kappa shape index (κ2) is 18.3. The fourth-order valence-electron chi connectivity index (χ4n) is 7.10. The van der Waals surface area contributed by atoms with Crippen LogP contribution in [0.15, 0.2) is 103 Å². The summed E-state index contributed by atoms with van der Waals surface area (Å²) < 4.78 is 11.2. The van der Waals surface area contributed by atoms with Crippen molar-refractivity contribution in [3.63, 3.8) is 0 Å². The summed E-state index contributed by atoms with van der Waals surface area (Å²) in [5, 5.41) is 15.6. The summed E-state index contributed by atoms with van der Waals surface area (Å²) in [4.78, 5) is 50.8. The molecular formula is C40H48N2O8. The number of esters is 2. The van der Waals surface area contributed by atoms with Gasteiger partial charge in [-0.1, -0.05) is 91.0 Å². The molecule has 2 N–H and O–H groups in total. The Morgan fingerprint density at radius 1 is 0.640 bits per heavy atom. The van der Waals surface area contributed by atoms with E-state index in [1.807, 2.05) is 50.2 Å². The van der Waals surface area contributed by atoms with Crippen molar-refractivity contribution < 1.29 is 38.9 Å². The third-order valence-electron chi connectivity index (χ3n) is 9.77. The molecule has 2 fully saturated rings. The van der Waals surface area contributed by atoms with Crippen molar-refractivity contribution >= 4 is 23.9 Å². The van der Waals surface area contributed by atoms with Crippen molar-refractivity contribution in [3.05, 3.63) is 120 Å². The van der Waals surface area contributed by atoms with E-state index in [0.29, 0.717) is 25.4 Å². The van der Waals surface area contributed by atoms with Crippen molar-refractivity contribution in [1.29, 1.82) is 0 Å². The minimum absolute atomic E-state index is 0.109. The maximum absolute atomic E-state index is 13.4. The van der Waals surface area contributed by atoms with E-state index in [4.69, 9.17) is 19.7 Å². The number of nitrogens with zero attached hydrogens (tertiary/aromatic N) is 2. The van der Waals surface area contributed by atoms with Gasteiger partial charge in [-0.05, 0) is 69.3 Å². The minimum atomic E-state index is -1.26. The van der Waals surface area contributed by atoms with Crippen molar-refractivity contribution in [2.75, 3.05) is 45.9 Å². The van der Waals surface area contributed by atoms with Gasteiger partial charge in [-0.25, -0.2) is 9.59 Å². The number of ether oxygens (including phenoxy) is 2. The predicted octanol–water partition coefficient (Wildman–Crippen LogP) is 5.63. The number of aliphatic carboxylic acids is 2. The molecule has 1 atom stereocenters. The number of rotatable bonds is 12. The summed E-state index contributed by atoms with van der Waals surface area (Å²) in [7, 11) is 0. The monoisotopic (exact) mass is 684 g/mol. The van der Waals surface area contributed by atoms with E-state index in [0.717, 1.165) is 69.5 Å². The Morgan fingerprint density at radius 3 is 1.40 bits per heavy atom. The standard InChI is InChI=1S/C36H44N2O4.C4H4O4/c1-3-41-33(39)35(30-16-10-6-11-17-30)20-24-37(25-21-35)28-32(29-14-8-5-9-15-29)38-26-22-36(23-27-38,34(40)42-4-2)31-18-12-7-13-19-31;5-3(6)1-2-4(7)8/h5-19,32H,3-4,20-28H2,1-2H3;1-2H,(H,5,6)(H,7,8)/b;2-1-. The second-order valence-corrected chi connectivity index (χ2v) is 12.6. The van der Waals surface area contributed by atoms with Gasteiger partial charge >= 0.3 is 23.9 Å². The highest BCUT2D eigenvalue weighted by Crippen LogP contribution is 2.41. The first kappa shape index (κ1) is 38.0. The number of carboxylic acids is 2. The quantitative estimate of drug-likeness (QED) is 0.183. The fourth-order valence-corrected chi connectivity index (χ4v) is 7.10. The highest BCUT2D eigenvalue weighted by Gasteiger charge is 2.47. The van der Waals surface area contributed by atoms with Gasteiger partial charge in [0.15, 0.2) is 0 Å². The van der Waals surface area contributed by atoms with Crippen LogP contribution in [0, 0.1) is 0 Å². The van der Waals surface area contributed by atoms with Crippen LogP contribution in [0.25, 0.3) is 0 Å². The van der Waals surface area contributed by atoms with Crippen molar-refractivity contribution in [1.82, 2.24) is 9.80 Å². The number of piperidine rings is 2. The molecule has 2 aliphatic heterocycles. The lowest BCUT2D eigenvalue weighted by Gasteiger charge is -2.46. The zero-order valence-electron chi connectivity index (χ0n) is 28.9. The van der Waals surface area contributed by atoms with Gasteiger partial charge in [-0.3, -0.25) is 14.5 Å². The van der Waals surface area contributed by atoms with Crippen LogP contribution < -0.4 is 0 Å². The van der Waals surface area contributed by atoms with Gasteiger partial charge in [-0.2, -0.15) is 0 Å². The SMILES string of the molecule is CCOC(=O)C1(c2ccccc2)CCN(CC(c2ccccc2)N2CCC(C(=O)OCC)(c3ccccc3)CC2)CC1.O=C(O)/C=C\C(=O)O. The van der Waals surface area contributed by atoms with Crippen LogP contribution in [0.4, 0.5) is 0 Å². The molecular weight excluding hydrogens is 636 g/mol. The summed E-state index contributed by atoms with van der Waals surface area (Å²) >= 11 is 0. The zero-order chi connectivity index (χ0) is 36.0. The first-order valence-corrected chi connectivity index (χ1v) is 17.3. The Bertz CT molecular complexity index is 1550. The van der Waals surface area contributed by atoms with E-state index in [2.05, 4.69) is 64.4 Å². The number of hydrogen-bond acceptors (Lipinski definition) is 8. The summed E-state index contributed by atoms with van der Waals surface area (Å²) in [5.41, 5.74) is 2.16. The van der Waals surface area contributed by atoms with Crippen molar-refractivity contribution in [3.8, 4) is 0 Å². The van der Waals surface area contributed by atoms with E-state index in [-0.39, 0.29) is 18.0 Å². The van der Waals surface area contributed by atoms with Gasteiger partial charge in [0.2, 0.25) is 0 Å². The van der Waals surface area contributed by atoms with E-state index < -0.39 is 22.8 Å². The lowest BCUT2D eigenvalue weighted by molar-refractivity contribution is -0.154. The van der Waals surface area contributed by atoms with Gasteiger partial charge in [-0.15, -0.1) is 0 Å². The number of likely N-dealkylation sites (tertiary alicyclic amines) is 2. The lowest BCUT2D eigenvalue weighted by Crippen LogP contribution is -2.52. The Balaban J connectivity index is 0.000000627. The molecule has 3 aromatic carbocycles. The maximum Gasteiger partial charge on any atom is 0.328 e. The van der Waals surface area contributed by atoms with E-state index in [1.54, 1.807) is 0 Å². The molecule has 0 bridgehead atoms. The number of carbonyl (C=O) groups is 4.